The lowest BCUT2D eigenvalue weighted by molar-refractivity contribution is -0.148. The van der Waals surface area contributed by atoms with Crippen LogP contribution in [0.2, 0.25) is 0 Å². The molecule has 92 valence electrons. The van der Waals surface area contributed by atoms with E-state index in [0.717, 1.165) is 0 Å². The maximum Gasteiger partial charge on any atom is 0.340 e. The molecule has 0 heterocycles. The second kappa shape index (κ2) is 5.36. The summed E-state index contributed by atoms with van der Waals surface area (Å²) in [6.45, 7) is -1.48. The Morgan fingerprint density at radius 3 is 2.59 bits per heavy atom. The lowest BCUT2D eigenvalue weighted by Crippen LogP contribution is -2.33. The Hall–Kier alpha value is -1.29. The number of halogens is 5. The summed E-state index contributed by atoms with van der Waals surface area (Å²) in [5.41, 5.74) is -0.0161. The van der Waals surface area contributed by atoms with Crippen LogP contribution >= 0.6 is 15.9 Å². The third-order valence-corrected chi connectivity index (χ3v) is 2.49. The van der Waals surface area contributed by atoms with E-state index in [9.17, 15) is 17.6 Å². The molecule has 7 heteroatoms. The molecule has 0 radical (unpaired) electrons. The van der Waals surface area contributed by atoms with Gasteiger partial charge in [-0.15, -0.1) is 0 Å². The minimum Gasteiger partial charge on any atom is -0.486 e. The maximum atomic E-state index is 12.6. The van der Waals surface area contributed by atoms with Gasteiger partial charge in [0, 0.05) is 4.47 Å². The van der Waals surface area contributed by atoms with Crippen molar-refractivity contribution in [2.75, 3.05) is 6.61 Å². The van der Waals surface area contributed by atoms with Crippen LogP contribution in [-0.2, 0) is 0 Å². The fraction of sp³-hybridized carbons (Fsp3) is 0.300. The topological polar surface area (TPSA) is 33.0 Å². The van der Waals surface area contributed by atoms with Crippen LogP contribution in [0, 0.1) is 11.3 Å². The van der Waals surface area contributed by atoms with Crippen molar-refractivity contribution in [2.45, 2.75) is 12.3 Å². The molecule has 2 nitrogen and oxygen atoms in total. The number of rotatable bonds is 4. The van der Waals surface area contributed by atoms with Gasteiger partial charge in [-0.1, -0.05) is 6.07 Å². The van der Waals surface area contributed by atoms with E-state index in [1.165, 1.54) is 18.2 Å². The van der Waals surface area contributed by atoms with Crippen LogP contribution in [0.5, 0.6) is 5.75 Å². The molecule has 0 aromatic heterocycles. The highest BCUT2D eigenvalue weighted by molar-refractivity contribution is 9.10. The van der Waals surface area contributed by atoms with Crippen LogP contribution in [0.1, 0.15) is 5.56 Å². The Kier molecular flexibility index (Phi) is 4.34. The summed E-state index contributed by atoms with van der Waals surface area (Å²) < 4.78 is 53.8. The molecule has 0 N–H and O–H groups in total. The second-order valence-electron chi connectivity index (χ2n) is 3.08. The highest BCUT2D eigenvalue weighted by Crippen LogP contribution is 2.29. The Morgan fingerprint density at radius 1 is 1.41 bits per heavy atom. The molecule has 1 aromatic rings. The predicted octanol–water partition coefficient (Wildman–Crippen LogP) is 3.60. The molecule has 0 amide bonds. The van der Waals surface area contributed by atoms with Gasteiger partial charge in [-0.2, -0.15) is 14.0 Å². The van der Waals surface area contributed by atoms with Crippen LogP contribution in [0.3, 0.4) is 0 Å². The average molecular weight is 312 g/mol. The van der Waals surface area contributed by atoms with E-state index in [2.05, 4.69) is 20.7 Å². The fourth-order valence-corrected chi connectivity index (χ4v) is 1.41. The first-order valence-corrected chi connectivity index (χ1v) is 5.15. The molecular weight excluding hydrogens is 306 g/mol. The quantitative estimate of drug-likeness (QED) is 0.796. The van der Waals surface area contributed by atoms with Crippen molar-refractivity contribution >= 4 is 15.9 Å². The van der Waals surface area contributed by atoms with E-state index in [-0.39, 0.29) is 11.3 Å². The second-order valence-corrected chi connectivity index (χ2v) is 3.93. The van der Waals surface area contributed by atoms with E-state index in [1.54, 1.807) is 6.07 Å². The summed E-state index contributed by atoms with van der Waals surface area (Å²) in [6, 6.07) is 5.94. The molecule has 0 spiro atoms. The minimum absolute atomic E-state index is 0.0161. The van der Waals surface area contributed by atoms with Gasteiger partial charge in [0.1, 0.15) is 17.4 Å². The summed E-state index contributed by atoms with van der Waals surface area (Å²) in [5, 5.41) is 8.74. The Balaban J connectivity index is 2.84. The van der Waals surface area contributed by atoms with Gasteiger partial charge in [-0.3, -0.25) is 0 Å². The highest BCUT2D eigenvalue weighted by Gasteiger charge is 2.41. The summed E-state index contributed by atoms with van der Waals surface area (Å²) in [6.07, 6.45) is -3.81. The SMILES string of the molecule is N#Cc1c(Br)cccc1OCC(F)(F)C(F)F. The fourth-order valence-electron chi connectivity index (χ4n) is 0.970. The first-order chi connectivity index (χ1) is 7.88. The molecule has 0 saturated heterocycles. The molecule has 1 aromatic carbocycles. The zero-order chi connectivity index (χ0) is 13.1. The van der Waals surface area contributed by atoms with Gasteiger partial charge in [0.25, 0.3) is 0 Å². The van der Waals surface area contributed by atoms with Crippen molar-refractivity contribution < 1.29 is 22.3 Å². The van der Waals surface area contributed by atoms with E-state index in [1.807, 2.05) is 0 Å². The zero-order valence-corrected chi connectivity index (χ0v) is 9.85. The number of nitrogens with zero attached hydrogens (tertiary/aromatic N) is 1. The van der Waals surface area contributed by atoms with Gasteiger partial charge in [0.2, 0.25) is 0 Å². The van der Waals surface area contributed by atoms with Gasteiger partial charge >= 0.3 is 12.3 Å². The normalized spacial score (nSPS) is 11.4. The molecular formula is C10H6BrF4NO. The van der Waals surface area contributed by atoms with Crippen LogP contribution in [0.15, 0.2) is 22.7 Å². The van der Waals surface area contributed by atoms with Crippen molar-refractivity contribution in [3.8, 4) is 11.8 Å². The summed E-state index contributed by atoms with van der Waals surface area (Å²) in [4.78, 5) is 0. The zero-order valence-electron chi connectivity index (χ0n) is 8.26. The first kappa shape index (κ1) is 13.8. The average Bonchev–Trinajstić information content (AvgIpc) is 2.26. The minimum atomic E-state index is -4.24. The third kappa shape index (κ3) is 3.33. The first-order valence-electron chi connectivity index (χ1n) is 4.36. The Labute approximate surface area is 103 Å². The van der Waals surface area contributed by atoms with Crippen LogP contribution in [0.4, 0.5) is 17.6 Å². The number of alkyl halides is 4. The van der Waals surface area contributed by atoms with Crippen molar-refractivity contribution in [2.24, 2.45) is 0 Å². The Bertz CT molecular complexity index is 444. The van der Waals surface area contributed by atoms with Crippen molar-refractivity contribution in [1.29, 1.82) is 5.26 Å². The van der Waals surface area contributed by atoms with Gasteiger partial charge in [0.15, 0.2) is 6.61 Å². The standard InChI is InChI=1S/C10H6BrF4NO/c11-7-2-1-3-8(6(7)4-16)17-5-10(14,15)9(12)13/h1-3,9H,5H2. The van der Waals surface area contributed by atoms with Crippen molar-refractivity contribution in [1.82, 2.24) is 0 Å². The number of benzene rings is 1. The van der Waals surface area contributed by atoms with Gasteiger partial charge in [-0.25, -0.2) is 8.78 Å². The van der Waals surface area contributed by atoms with Crippen LogP contribution in [0.25, 0.3) is 0 Å². The smallest absolute Gasteiger partial charge is 0.340 e. The number of hydrogen-bond acceptors (Lipinski definition) is 2. The molecule has 0 aliphatic heterocycles. The third-order valence-electron chi connectivity index (χ3n) is 1.83. The van der Waals surface area contributed by atoms with Crippen LogP contribution < -0.4 is 4.74 Å². The molecule has 0 saturated carbocycles. The monoisotopic (exact) mass is 311 g/mol. The molecule has 0 aliphatic rings. The lowest BCUT2D eigenvalue weighted by atomic mass is 10.2. The van der Waals surface area contributed by atoms with E-state index >= 15 is 0 Å². The number of ether oxygens (including phenoxy) is 1. The molecule has 17 heavy (non-hydrogen) atoms. The summed E-state index contributed by atoms with van der Waals surface area (Å²) in [7, 11) is 0. The van der Waals surface area contributed by atoms with E-state index in [0.29, 0.717) is 4.47 Å². The van der Waals surface area contributed by atoms with E-state index < -0.39 is 19.0 Å². The molecule has 0 aliphatic carbocycles. The van der Waals surface area contributed by atoms with Gasteiger partial charge in [0.05, 0.1) is 0 Å². The molecule has 0 unspecified atom stereocenters. The molecule has 1 rings (SSSR count). The number of hydrogen-bond donors (Lipinski definition) is 0. The largest absolute Gasteiger partial charge is 0.486 e. The Morgan fingerprint density at radius 2 is 2.06 bits per heavy atom. The van der Waals surface area contributed by atoms with Gasteiger partial charge < -0.3 is 4.74 Å². The molecule has 0 atom stereocenters. The molecule has 0 bridgehead atoms. The summed E-state index contributed by atoms with van der Waals surface area (Å²) in [5.74, 6) is -4.41. The van der Waals surface area contributed by atoms with Crippen LogP contribution in [-0.4, -0.2) is 19.0 Å². The molecule has 0 fully saturated rings. The highest BCUT2D eigenvalue weighted by atomic mass is 79.9. The maximum absolute atomic E-state index is 12.6. The summed E-state index contributed by atoms with van der Waals surface area (Å²) >= 11 is 3.02. The predicted molar refractivity (Wildman–Crippen MR) is 55.3 cm³/mol. The number of nitriles is 1. The van der Waals surface area contributed by atoms with Crippen molar-refractivity contribution in [3.63, 3.8) is 0 Å². The van der Waals surface area contributed by atoms with E-state index in [4.69, 9.17) is 5.26 Å². The van der Waals surface area contributed by atoms with Gasteiger partial charge in [-0.05, 0) is 28.1 Å². The lowest BCUT2D eigenvalue weighted by Gasteiger charge is -2.16. The van der Waals surface area contributed by atoms with Crippen molar-refractivity contribution in [3.05, 3.63) is 28.2 Å².